The SMILES string of the molecule is CC1C2=C(CCC1C1=CC=C3C(C1)C1C=CC=CC1N3c1ccccc1)NC1C=CC=CC21. The van der Waals surface area contributed by atoms with Crippen LogP contribution in [0.4, 0.5) is 5.69 Å². The molecule has 0 aromatic heterocycles. The lowest BCUT2D eigenvalue weighted by molar-refractivity contribution is 0.361. The van der Waals surface area contributed by atoms with Crippen LogP contribution >= 0.6 is 0 Å². The lowest BCUT2D eigenvalue weighted by atomic mass is 9.67. The summed E-state index contributed by atoms with van der Waals surface area (Å²) in [4.78, 5) is 2.60. The van der Waals surface area contributed by atoms with Crippen molar-refractivity contribution < 1.29 is 0 Å². The number of hydrogen-bond acceptors (Lipinski definition) is 2. The Bertz CT molecular complexity index is 1170. The van der Waals surface area contributed by atoms with Gasteiger partial charge in [0.15, 0.2) is 0 Å². The largest absolute Gasteiger partial charge is 0.381 e. The Morgan fingerprint density at radius 1 is 0.879 bits per heavy atom. The molecule has 33 heavy (non-hydrogen) atoms. The molecule has 166 valence electrons. The topological polar surface area (TPSA) is 15.3 Å². The van der Waals surface area contributed by atoms with E-state index < -0.39 is 0 Å². The molecule has 1 aromatic carbocycles. The van der Waals surface area contributed by atoms with Crippen LogP contribution < -0.4 is 10.2 Å². The first-order valence-corrected chi connectivity index (χ1v) is 12.7. The molecule has 0 spiro atoms. The fourth-order valence-corrected chi connectivity index (χ4v) is 7.53. The van der Waals surface area contributed by atoms with Gasteiger partial charge in [-0.25, -0.2) is 0 Å². The smallest absolute Gasteiger partial charge is 0.0591 e. The summed E-state index contributed by atoms with van der Waals surface area (Å²) in [6, 6.07) is 11.9. The third-order valence-corrected chi connectivity index (χ3v) is 8.99. The third-order valence-electron chi connectivity index (χ3n) is 8.99. The van der Waals surface area contributed by atoms with Gasteiger partial charge in [-0.2, -0.15) is 0 Å². The van der Waals surface area contributed by atoms with Crippen LogP contribution in [-0.2, 0) is 0 Å². The lowest BCUT2D eigenvalue weighted by Gasteiger charge is -2.37. The van der Waals surface area contributed by atoms with Gasteiger partial charge < -0.3 is 10.2 Å². The molecule has 2 aliphatic heterocycles. The molecule has 7 unspecified atom stereocenters. The molecular formula is C31H32N2. The molecule has 1 saturated heterocycles. The van der Waals surface area contributed by atoms with Crippen LogP contribution in [0.15, 0.2) is 114 Å². The summed E-state index contributed by atoms with van der Waals surface area (Å²) < 4.78 is 0. The molecule has 2 nitrogen and oxygen atoms in total. The minimum Gasteiger partial charge on any atom is -0.381 e. The number of hydrogen-bond donors (Lipinski definition) is 1. The Balaban J connectivity index is 1.21. The van der Waals surface area contributed by atoms with Crippen molar-refractivity contribution in [3.05, 3.63) is 114 Å². The number of nitrogens with zero attached hydrogens (tertiary/aromatic N) is 1. The first-order valence-electron chi connectivity index (χ1n) is 12.7. The minimum atomic E-state index is 0.429. The highest BCUT2D eigenvalue weighted by Crippen LogP contribution is 2.52. The van der Waals surface area contributed by atoms with Crippen molar-refractivity contribution in [1.82, 2.24) is 5.32 Å². The number of benzene rings is 1. The summed E-state index contributed by atoms with van der Waals surface area (Å²) in [5.41, 5.74) is 7.72. The quantitative estimate of drug-likeness (QED) is 0.577. The van der Waals surface area contributed by atoms with Crippen molar-refractivity contribution in [2.24, 2.45) is 29.6 Å². The Kier molecular flexibility index (Phi) is 4.43. The maximum absolute atomic E-state index is 3.83. The van der Waals surface area contributed by atoms with Gasteiger partial charge in [0.05, 0.1) is 12.1 Å². The van der Waals surface area contributed by atoms with Crippen molar-refractivity contribution in [3.63, 3.8) is 0 Å². The van der Waals surface area contributed by atoms with Crippen LogP contribution in [0, 0.1) is 29.6 Å². The maximum Gasteiger partial charge on any atom is 0.0591 e. The van der Waals surface area contributed by atoms with E-state index in [0.29, 0.717) is 41.7 Å². The normalized spacial score (nSPS) is 37.7. The van der Waals surface area contributed by atoms with Crippen molar-refractivity contribution >= 4 is 5.69 Å². The molecular weight excluding hydrogens is 400 g/mol. The first-order chi connectivity index (χ1) is 16.3. The highest BCUT2D eigenvalue weighted by Gasteiger charge is 2.47. The second-order valence-corrected chi connectivity index (χ2v) is 10.5. The van der Waals surface area contributed by atoms with E-state index in [2.05, 4.69) is 108 Å². The van der Waals surface area contributed by atoms with Crippen LogP contribution in [0.2, 0.25) is 0 Å². The zero-order chi connectivity index (χ0) is 21.9. The standard InChI is InChI=1S/C31H32N2/c1-20-23(16-17-28-31(20)25-12-5-7-13-27(25)32-28)21-15-18-30-26(19-21)24-11-6-8-14-29(24)33(30)22-9-3-2-4-10-22/h2-15,18,20,23-27,29,32H,16-17,19H2,1H3. The first kappa shape index (κ1) is 19.5. The van der Waals surface area contributed by atoms with E-state index in [9.17, 15) is 0 Å². The summed E-state index contributed by atoms with van der Waals surface area (Å²) >= 11 is 0. The Labute approximate surface area is 197 Å². The molecule has 0 radical (unpaired) electrons. The Morgan fingerprint density at radius 2 is 1.70 bits per heavy atom. The molecule has 1 N–H and O–H groups in total. The summed E-state index contributed by atoms with van der Waals surface area (Å²) in [6.45, 7) is 2.49. The predicted octanol–water partition coefficient (Wildman–Crippen LogP) is 6.46. The lowest BCUT2D eigenvalue weighted by Crippen LogP contribution is -2.30. The van der Waals surface area contributed by atoms with Crippen LogP contribution in [0.1, 0.15) is 26.2 Å². The van der Waals surface area contributed by atoms with Gasteiger partial charge in [0.2, 0.25) is 0 Å². The fourth-order valence-electron chi connectivity index (χ4n) is 7.53. The van der Waals surface area contributed by atoms with Crippen LogP contribution in [0.3, 0.4) is 0 Å². The molecule has 2 heteroatoms. The van der Waals surface area contributed by atoms with E-state index in [-0.39, 0.29) is 0 Å². The molecule has 1 fully saturated rings. The van der Waals surface area contributed by atoms with E-state index in [1.54, 1.807) is 11.1 Å². The summed E-state index contributed by atoms with van der Waals surface area (Å²) in [5, 5.41) is 3.83. The molecule has 6 aliphatic rings. The van der Waals surface area contributed by atoms with E-state index in [4.69, 9.17) is 0 Å². The van der Waals surface area contributed by atoms with Gasteiger partial charge in [-0.05, 0) is 54.9 Å². The van der Waals surface area contributed by atoms with Crippen LogP contribution in [0.5, 0.6) is 0 Å². The second-order valence-electron chi connectivity index (χ2n) is 10.5. The molecule has 0 saturated carbocycles. The number of para-hydroxylation sites is 1. The van der Waals surface area contributed by atoms with Crippen molar-refractivity contribution in [3.8, 4) is 0 Å². The summed E-state index contributed by atoms with van der Waals surface area (Å²) in [6.07, 6.45) is 27.2. The average molecular weight is 433 g/mol. The molecule has 1 aromatic rings. The van der Waals surface area contributed by atoms with E-state index in [1.807, 2.05) is 0 Å². The Morgan fingerprint density at radius 3 is 2.61 bits per heavy atom. The van der Waals surface area contributed by atoms with Gasteiger partial charge in [-0.3, -0.25) is 0 Å². The average Bonchev–Trinajstić information content (AvgIpc) is 3.41. The van der Waals surface area contributed by atoms with E-state index in [0.717, 1.165) is 0 Å². The van der Waals surface area contributed by atoms with Crippen LogP contribution in [0.25, 0.3) is 0 Å². The van der Waals surface area contributed by atoms with E-state index >= 15 is 0 Å². The van der Waals surface area contributed by atoms with Gasteiger partial charge in [0.25, 0.3) is 0 Å². The maximum atomic E-state index is 3.83. The number of nitrogens with one attached hydrogen (secondary N) is 1. The highest BCUT2D eigenvalue weighted by molar-refractivity contribution is 5.61. The van der Waals surface area contributed by atoms with Gasteiger partial charge in [-0.15, -0.1) is 0 Å². The van der Waals surface area contributed by atoms with Crippen molar-refractivity contribution in [2.75, 3.05) is 4.90 Å². The number of anilines is 1. The second kappa shape index (κ2) is 7.52. The monoisotopic (exact) mass is 432 g/mol. The summed E-state index contributed by atoms with van der Waals surface area (Å²) in [7, 11) is 0. The Hall–Kier alpha value is -3.00. The van der Waals surface area contributed by atoms with E-state index in [1.165, 1.54) is 36.3 Å². The molecule has 0 bridgehead atoms. The number of fused-ring (bicyclic) bond motifs is 5. The predicted molar refractivity (Wildman–Crippen MR) is 136 cm³/mol. The number of rotatable bonds is 2. The van der Waals surface area contributed by atoms with Gasteiger partial charge in [0, 0.05) is 34.8 Å². The van der Waals surface area contributed by atoms with Gasteiger partial charge in [-0.1, -0.05) is 85.4 Å². The summed E-state index contributed by atoms with van der Waals surface area (Å²) in [5.74, 6) is 2.95. The van der Waals surface area contributed by atoms with Gasteiger partial charge >= 0.3 is 0 Å². The number of allylic oxidation sites excluding steroid dienone is 9. The fraction of sp³-hybridized carbons (Fsp3) is 0.355. The molecule has 2 heterocycles. The highest BCUT2D eigenvalue weighted by atomic mass is 15.2. The van der Waals surface area contributed by atoms with Crippen molar-refractivity contribution in [2.45, 2.75) is 38.3 Å². The molecule has 0 amide bonds. The zero-order valence-electron chi connectivity index (χ0n) is 19.3. The molecule has 7 atom stereocenters. The van der Waals surface area contributed by atoms with Crippen molar-refractivity contribution in [1.29, 1.82) is 0 Å². The van der Waals surface area contributed by atoms with Crippen LogP contribution in [-0.4, -0.2) is 12.1 Å². The minimum absolute atomic E-state index is 0.429. The molecule has 4 aliphatic carbocycles. The molecule has 7 rings (SSSR count). The third kappa shape index (κ3) is 2.93. The zero-order valence-corrected chi connectivity index (χ0v) is 19.3. The van der Waals surface area contributed by atoms with Gasteiger partial charge in [0.1, 0.15) is 0 Å².